The zero-order valence-corrected chi connectivity index (χ0v) is 18.5. The van der Waals surface area contributed by atoms with Crippen molar-refractivity contribution in [1.29, 1.82) is 0 Å². The van der Waals surface area contributed by atoms with Gasteiger partial charge in [0.15, 0.2) is 0 Å². The quantitative estimate of drug-likeness (QED) is 0.701. The first-order valence-corrected chi connectivity index (χ1v) is 11.8. The van der Waals surface area contributed by atoms with E-state index < -0.39 is 21.8 Å². The predicted molar refractivity (Wildman–Crippen MR) is 115 cm³/mol. The lowest BCUT2D eigenvalue weighted by molar-refractivity contribution is -0.137. The van der Waals surface area contributed by atoms with Gasteiger partial charge in [0.2, 0.25) is 10.0 Å². The number of sulfonamides is 1. The number of aryl methyl sites for hydroxylation is 1. The molecule has 0 bridgehead atoms. The summed E-state index contributed by atoms with van der Waals surface area (Å²) < 4.78 is 64.8. The van der Waals surface area contributed by atoms with Gasteiger partial charge in [-0.1, -0.05) is 30.3 Å². The summed E-state index contributed by atoms with van der Waals surface area (Å²) >= 11 is 0. The molecule has 0 saturated carbocycles. The first-order valence-electron chi connectivity index (χ1n) is 10.3. The second-order valence-corrected chi connectivity index (χ2v) is 9.73. The lowest BCUT2D eigenvalue weighted by Gasteiger charge is -2.34. The van der Waals surface area contributed by atoms with Crippen molar-refractivity contribution in [2.24, 2.45) is 0 Å². The van der Waals surface area contributed by atoms with Gasteiger partial charge in [-0.3, -0.25) is 0 Å². The molecule has 1 unspecified atom stereocenters. The molecule has 0 aliphatic carbocycles. The van der Waals surface area contributed by atoms with Gasteiger partial charge >= 0.3 is 12.2 Å². The van der Waals surface area contributed by atoms with Gasteiger partial charge in [-0.15, -0.1) is 0 Å². The number of hydrogen-bond donors (Lipinski definition) is 1. The number of nitrogens with zero attached hydrogens (tertiary/aromatic N) is 2. The highest BCUT2D eigenvalue weighted by Gasteiger charge is 2.33. The molecule has 1 aliphatic heterocycles. The first kappa shape index (κ1) is 24.1. The third-order valence-corrected chi connectivity index (χ3v) is 7.34. The minimum Gasteiger partial charge on any atom is -0.336 e. The van der Waals surface area contributed by atoms with Crippen molar-refractivity contribution in [3.05, 3.63) is 65.7 Å². The summed E-state index contributed by atoms with van der Waals surface area (Å²) in [5.41, 5.74) is 0.287. The Bertz CT molecular complexity index is 1000. The summed E-state index contributed by atoms with van der Waals surface area (Å²) in [6, 6.07) is 13.1. The Morgan fingerprint density at radius 2 is 1.59 bits per heavy atom. The van der Waals surface area contributed by atoms with Gasteiger partial charge in [-0.05, 0) is 49.6 Å². The second-order valence-electron chi connectivity index (χ2n) is 7.79. The van der Waals surface area contributed by atoms with Crippen LogP contribution < -0.4 is 5.32 Å². The van der Waals surface area contributed by atoms with Gasteiger partial charge in [0.1, 0.15) is 0 Å². The molecule has 10 heteroatoms. The van der Waals surface area contributed by atoms with Crippen molar-refractivity contribution in [2.45, 2.75) is 36.9 Å². The van der Waals surface area contributed by atoms with Crippen LogP contribution >= 0.6 is 0 Å². The fourth-order valence-electron chi connectivity index (χ4n) is 3.50. The zero-order valence-electron chi connectivity index (χ0n) is 17.7. The lowest BCUT2D eigenvalue weighted by Crippen LogP contribution is -2.54. The number of benzene rings is 2. The van der Waals surface area contributed by atoms with Gasteiger partial charge in [0, 0.05) is 32.2 Å². The molecule has 1 saturated heterocycles. The van der Waals surface area contributed by atoms with E-state index in [1.54, 1.807) is 4.90 Å². The van der Waals surface area contributed by atoms with E-state index in [-0.39, 0.29) is 43.1 Å². The van der Waals surface area contributed by atoms with Crippen molar-refractivity contribution in [3.8, 4) is 0 Å². The summed E-state index contributed by atoms with van der Waals surface area (Å²) in [5.74, 6) is 0. The molecule has 2 aromatic rings. The highest BCUT2D eigenvalue weighted by Crippen LogP contribution is 2.30. The van der Waals surface area contributed by atoms with Gasteiger partial charge in [-0.2, -0.15) is 17.5 Å². The summed E-state index contributed by atoms with van der Waals surface area (Å²) in [6.07, 6.45) is -2.92. The van der Waals surface area contributed by atoms with E-state index in [9.17, 15) is 26.4 Å². The van der Waals surface area contributed by atoms with E-state index in [1.807, 2.05) is 37.3 Å². The Balaban J connectivity index is 1.50. The molecule has 3 rings (SSSR count). The fourth-order valence-corrected chi connectivity index (χ4v) is 4.92. The van der Waals surface area contributed by atoms with Crippen LogP contribution in [-0.2, 0) is 22.6 Å². The summed E-state index contributed by atoms with van der Waals surface area (Å²) in [6.45, 7) is 2.49. The summed E-state index contributed by atoms with van der Waals surface area (Å²) in [5, 5.41) is 2.94. The number of amides is 2. The van der Waals surface area contributed by atoms with Crippen LogP contribution in [-0.4, -0.2) is 55.9 Å². The molecule has 0 aromatic heterocycles. The maximum atomic E-state index is 12.7. The SMILES string of the molecule is CC(CCc1ccccc1)NC(=O)N1CCN(S(=O)(=O)c2ccc(C(F)(F)F)cc2)CC1. The molecule has 1 aliphatic rings. The fraction of sp³-hybridized carbons (Fsp3) is 0.409. The zero-order chi connectivity index (χ0) is 23.4. The number of hydrogen-bond acceptors (Lipinski definition) is 3. The number of carbonyl (C=O) groups is 1. The third kappa shape index (κ3) is 6.01. The van der Waals surface area contributed by atoms with Crippen LogP contribution in [0.5, 0.6) is 0 Å². The van der Waals surface area contributed by atoms with E-state index in [4.69, 9.17) is 0 Å². The maximum Gasteiger partial charge on any atom is 0.416 e. The summed E-state index contributed by atoms with van der Waals surface area (Å²) in [4.78, 5) is 13.9. The van der Waals surface area contributed by atoms with Crippen molar-refractivity contribution in [1.82, 2.24) is 14.5 Å². The Morgan fingerprint density at radius 3 is 2.16 bits per heavy atom. The van der Waals surface area contributed by atoms with E-state index >= 15 is 0 Å². The average Bonchev–Trinajstić information content (AvgIpc) is 2.78. The molecule has 174 valence electrons. The largest absolute Gasteiger partial charge is 0.416 e. The van der Waals surface area contributed by atoms with Crippen molar-refractivity contribution >= 4 is 16.1 Å². The van der Waals surface area contributed by atoms with Crippen LogP contribution in [0.2, 0.25) is 0 Å². The summed E-state index contributed by atoms with van der Waals surface area (Å²) in [7, 11) is -3.93. The number of rotatable bonds is 6. The topological polar surface area (TPSA) is 69.7 Å². The normalized spacial score (nSPS) is 16.6. The lowest BCUT2D eigenvalue weighted by atomic mass is 10.1. The molecule has 6 nitrogen and oxygen atoms in total. The van der Waals surface area contributed by atoms with Gasteiger partial charge in [-0.25, -0.2) is 13.2 Å². The molecule has 1 N–H and O–H groups in total. The molecule has 1 fully saturated rings. The molecule has 32 heavy (non-hydrogen) atoms. The molecule has 1 atom stereocenters. The Morgan fingerprint density at radius 1 is 1.00 bits per heavy atom. The van der Waals surface area contributed by atoms with Crippen molar-refractivity contribution in [3.63, 3.8) is 0 Å². The number of urea groups is 1. The smallest absolute Gasteiger partial charge is 0.336 e. The average molecular weight is 470 g/mol. The molecular formula is C22H26F3N3O3S. The standard InChI is InChI=1S/C22H26F3N3O3S/c1-17(7-8-18-5-3-2-4-6-18)26-21(29)27-13-15-28(16-14-27)32(30,31)20-11-9-19(10-12-20)22(23,24)25/h2-6,9-12,17H,7-8,13-16H2,1H3,(H,26,29). The van der Waals surface area contributed by atoms with Gasteiger partial charge in [0.05, 0.1) is 10.5 Å². The van der Waals surface area contributed by atoms with Crippen LogP contribution in [0, 0.1) is 0 Å². The minimum atomic E-state index is -4.53. The molecule has 2 amide bonds. The highest BCUT2D eigenvalue weighted by molar-refractivity contribution is 7.89. The monoisotopic (exact) mass is 469 g/mol. The molecule has 0 spiro atoms. The third-order valence-electron chi connectivity index (χ3n) is 5.42. The highest BCUT2D eigenvalue weighted by atomic mass is 32.2. The molecule has 1 heterocycles. The predicted octanol–water partition coefficient (Wildman–Crippen LogP) is 3.74. The number of halogens is 3. The second kappa shape index (κ2) is 9.91. The van der Waals surface area contributed by atoms with Crippen molar-refractivity contribution in [2.75, 3.05) is 26.2 Å². The number of alkyl halides is 3. The molecule has 0 radical (unpaired) electrons. The first-order chi connectivity index (χ1) is 15.1. The van der Waals surface area contributed by atoms with E-state index in [0.717, 1.165) is 37.1 Å². The Labute approximate surface area is 186 Å². The van der Waals surface area contributed by atoms with E-state index in [0.29, 0.717) is 0 Å². The minimum absolute atomic E-state index is 0.0448. The van der Waals surface area contributed by atoms with Crippen LogP contribution in [0.25, 0.3) is 0 Å². The number of piperazine rings is 1. The van der Waals surface area contributed by atoms with Crippen molar-refractivity contribution < 1.29 is 26.4 Å². The van der Waals surface area contributed by atoms with Gasteiger partial charge in [0.25, 0.3) is 0 Å². The molecular weight excluding hydrogens is 443 g/mol. The van der Waals surface area contributed by atoms with Crippen LogP contribution in [0.1, 0.15) is 24.5 Å². The maximum absolute atomic E-state index is 12.7. The van der Waals surface area contributed by atoms with Crippen LogP contribution in [0.3, 0.4) is 0 Å². The van der Waals surface area contributed by atoms with Crippen LogP contribution in [0.15, 0.2) is 59.5 Å². The van der Waals surface area contributed by atoms with Gasteiger partial charge < -0.3 is 10.2 Å². The van der Waals surface area contributed by atoms with E-state index in [2.05, 4.69) is 5.32 Å². The number of carbonyl (C=O) groups excluding carboxylic acids is 1. The van der Waals surface area contributed by atoms with E-state index in [1.165, 1.54) is 9.87 Å². The Hall–Kier alpha value is -2.59. The molecule has 2 aromatic carbocycles. The number of nitrogens with one attached hydrogen (secondary N) is 1. The Kier molecular flexibility index (Phi) is 7.45. The van der Waals surface area contributed by atoms with Crippen LogP contribution in [0.4, 0.5) is 18.0 Å².